The molecule has 0 N–H and O–H groups in total. The van der Waals surface area contributed by atoms with Gasteiger partial charge in [0.25, 0.3) is 0 Å². The van der Waals surface area contributed by atoms with Gasteiger partial charge in [-0.1, -0.05) is 12.1 Å². The summed E-state index contributed by atoms with van der Waals surface area (Å²) in [6, 6.07) is 20.6. The summed E-state index contributed by atoms with van der Waals surface area (Å²) in [5, 5.41) is 6.17. The van der Waals surface area contributed by atoms with E-state index in [9.17, 15) is 4.79 Å². The minimum Gasteiger partial charge on any atom is -0.289 e. The second kappa shape index (κ2) is 5.63. The zero-order chi connectivity index (χ0) is 17.1. The van der Waals surface area contributed by atoms with Gasteiger partial charge in [-0.2, -0.15) is 0 Å². The van der Waals surface area contributed by atoms with Gasteiger partial charge in [0.15, 0.2) is 5.43 Å². The lowest BCUT2D eigenvalue weighted by Crippen LogP contribution is -2.00. The maximum Gasteiger partial charge on any atom is 0.195 e. The highest BCUT2D eigenvalue weighted by atomic mass is 79.9. The molecule has 0 aliphatic rings. The topological polar surface area (TPSA) is 17.1 Å². The van der Waals surface area contributed by atoms with Crippen molar-refractivity contribution in [3.05, 3.63) is 79.8 Å². The minimum absolute atomic E-state index is 0.114. The van der Waals surface area contributed by atoms with E-state index in [0.29, 0.717) is 0 Å². The van der Waals surface area contributed by atoms with Gasteiger partial charge in [-0.3, -0.25) is 4.79 Å². The van der Waals surface area contributed by atoms with Crippen LogP contribution in [0.4, 0.5) is 0 Å². The monoisotopic (exact) mass is 468 g/mol. The lowest BCUT2D eigenvalue weighted by molar-refractivity contribution is 1.66. The van der Waals surface area contributed by atoms with E-state index in [-0.39, 0.29) is 5.43 Å². The first kappa shape index (κ1) is 15.5. The summed E-state index contributed by atoms with van der Waals surface area (Å²) in [6.07, 6.45) is 0. The first-order chi connectivity index (χ1) is 12.1. The van der Waals surface area contributed by atoms with E-state index in [1.165, 1.54) is 5.39 Å². The fourth-order valence-electron chi connectivity index (χ4n) is 3.29. The van der Waals surface area contributed by atoms with Gasteiger partial charge in [0, 0.05) is 29.1 Å². The van der Waals surface area contributed by atoms with E-state index in [1.54, 1.807) is 11.3 Å². The van der Waals surface area contributed by atoms with E-state index in [1.807, 2.05) is 30.3 Å². The SMILES string of the molecule is O=c1c2ccccc2sc2cc3cc4cc(Br)c(Br)cc4cc3cc12. The van der Waals surface area contributed by atoms with Gasteiger partial charge in [-0.05, 0) is 102 Å². The standard InChI is InChI=1S/C21H10Br2OS/c22-17-8-12-5-11-7-16-20(10-14(11)6-13(12)9-18(17)23)25-19-4-2-1-3-15(19)21(16)24/h1-10H. The van der Waals surface area contributed by atoms with Crippen LogP contribution in [0.2, 0.25) is 0 Å². The predicted molar refractivity (Wildman–Crippen MR) is 116 cm³/mol. The molecule has 0 atom stereocenters. The molecule has 0 unspecified atom stereocenters. The quantitative estimate of drug-likeness (QED) is 0.218. The number of benzene rings is 4. The number of halogens is 2. The molecule has 0 spiro atoms. The second-order valence-electron chi connectivity index (χ2n) is 6.09. The molecule has 0 saturated carbocycles. The third-order valence-corrected chi connectivity index (χ3v) is 7.51. The Balaban J connectivity index is 1.95. The summed E-state index contributed by atoms with van der Waals surface area (Å²) in [5.41, 5.74) is 0.114. The van der Waals surface area contributed by atoms with Crippen LogP contribution in [0, 0.1) is 0 Å². The molecule has 4 aromatic carbocycles. The molecule has 1 aromatic heterocycles. The van der Waals surface area contributed by atoms with Crippen LogP contribution in [0.1, 0.15) is 0 Å². The van der Waals surface area contributed by atoms with Crippen LogP contribution < -0.4 is 5.43 Å². The van der Waals surface area contributed by atoms with Crippen molar-refractivity contribution < 1.29 is 0 Å². The molecular formula is C21H10Br2OS. The number of hydrogen-bond donors (Lipinski definition) is 0. The Hall–Kier alpha value is -1.75. The number of fused-ring (bicyclic) bond motifs is 4. The molecule has 0 aliphatic carbocycles. The molecule has 25 heavy (non-hydrogen) atoms. The van der Waals surface area contributed by atoms with Gasteiger partial charge in [0.1, 0.15) is 0 Å². The Morgan fingerprint density at radius 1 is 0.640 bits per heavy atom. The highest BCUT2D eigenvalue weighted by Gasteiger charge is 2.09. The summed E-state index contributed by atoms with van der Waals surface area (Å²) in [7, 11) is 0. The normalized spacial score (nSPS) is 11.8. The minimum atomic E-state index is 0.114. The fourth-order valence-corrected chi connectivity index (χ4v) is 5.12. The highest BCUT2D eigenvalue weighted by Crippen LogP contribution is 2.34. The highest BCUT2D eigenvalue weighted by molar-refractivity contribution is 9.13. The van der Waals surface area contributed by atoms with Gasteiger partial charge < -0.3 is 0 Å². The maximum atomic E-state index is 12.9. The van der Waals surface area contributed by atoms with Crippen molar-refractivity contribution in [1.82, 2.24) is 0 Å². The van der Waals surface area contributed by atoms with E-state index in [4.69, 9.17) is 0 Å². The van der Waals surface area contributed by atoms with Crippen molar-refractivity contribution in [3.63, 3.8) is 0 Å². The molecule has 1 heterocycles. The predicted octanol–water partition coefficient (Wildman–Crippen LogP) is 7.25. The first-order valence-electron chi connectivity index (χ1n) is 7.78. The Morgan fingerprint density at radius 2 is 1.24 bits per heavy atom. The zero-order valence-corrected chi connectivity index (χ0v) is 16.8. The zero-order valence-electron chi connectivity index (χ0n) is 12.8. The maximum absolute atomic E-state index is 12.9. The van der Waals surface area contributed by atoms with E-state index in [2.05, 4.69) is 62.2 Å². The van der Waals surface area contributed by atoms with Crippen molar-refractivity contribution in [3.8, 4) is 0 Å². The number of rotatable bonds is 0. The van der Waals surface area contributed by atoms with Crippen LogP contribution in [0.25, 0.3) is 41.7 Å². The number of hydrogen-bond acceptors (Lipinski definition) is 2. The average molecular weight is 470 g/mol. The van der Waals surface area contributed by atoms with Gasteiger partial charge in [0.05, 0.1) is 0 Å². The Kier molecular flexibility index (Phi) is 3.49. The second-order valence-corrected chi connectivity index (χ2v) is 8.88. The van der Waals surface area contributed by atoms with Gasteiger partial charge in [-0.15, -0.1) is 11.3 Å². The van der Waals surface area contributed by atoms with Crippen LogP contribution in [-0.2, 0) is 0 Å². The smallest absolute Gasteiger partial charge is 0.195 e. The summed E-state index contributed by atoms with van der Waals surface area (Å²) < 4.78 is 4.13. The fraction of sp³-hybridized carbons (Fsp3) is 0. The lowest BCUT2D eigenvalue weighted by Gasteiger charge is -2.07. The van der Waals surface area contributed by atoms with Crippen LogP contribution in [0.15, 0.2) is 74.4 Å². The van der Waals surface area contributed by atoms with Crippen molar-refractivity contribution >= 4 is 84.9 Å². The molecule has 0 aliphatic heterocycles. The molecule has 4 heteroatoms. The molecule has 0 radical (unpaired) electrons. The summed E-state index contributed by atoms with van der Waals surface area (Å²) >= 11 is 8.81. The van der Waals surface area contributed by atoms with Gasteiger partial charge >= 0.3 is 0 Å². The van der Waals surface area contributed by atoms with Crippen molar-refractivity contribution in [2.45, 2.75) is 0 Å². The summed E-state index contributed by atoms with van der Waals surface area (Å²) in [6.45, 7) is 0. The van der Waals surface area contributed by atoms with Crippen molar-refractivity contribution in [2.75, 3.05) is 0 Å². The molecule has 0 amide bonds. The van der Waals surface area contributed by atoms with Crippen molar-refractivity contribution in [2.24, 2.45) is 0 Å². The average Bonchev–Trinajstić information content (AvgIpc) is 2.60. The third kappa shape index (κ3) is 2.43. The lowest BCUT2D eigenvalue weighted by atomic mass is 10.0. The van der Waals surface area contributed by atoms with Crippen LogP contribution in [-0.4, -0.2) is 0 Å². The molecule has 0 bridgehead atoms. The molecule has 5 aromatic rings. The molecule has 1 nitrogen and oxygen atoms in total. The van der Waals surface area contributed by atoms with Crippen LogP contribution in [0.5, 0.6) is 0 Å². The van der Waals surface area contributed by atoms with E-state index < -0.39 is 0 Å². The molecule has 5 rings (SSSR count). The first-order valence-corrected chi connectivity index (χ1v) is 10.2. The van der Waals surface area contributed by atoms with Gasteiger partial charge in [-0.25, -0.2) is 0 Å². The van der Waals surface area contributed by atoms with E-state index in [0.717, 1.165) is 45.3 Å². The molecule has 0 saturated heterocycles. The summed E-state index contributed by atoms with van der Waals surface area (Å²) in [5.74, 6) is 0. The Labute approximate surface area is 164 Å². The van der Waals surface area contributed by atoms with Gasteiger partial charge in [0.2, 0.25) is 0 Å². The third-order valence-electron chi connectivity index (χ3n) is 4.53. The molecule has 0 fully saturated rings. The molecule has 120 valence electrons. The molecular weight excluding hydrogens is 460 g/mol. The summed E-state index contributed by atoms with van der Waals surface area (Å²) in [4.78, 5) is 12.9. The largest absolute Gasteiger partial charge is 0.289 e. The Bertz CT molecular complexity index is 1390. The van der Waals surface area contributed by atoms with E-state index >= 15 is 0 Å². The Morgan fingerprint density at radius 3 is 1.96 bits per heavy atom. The van der Waals surface area contributed by atoms with Crippen LogP contribution in [0.3, 0.4) is 0 Å². The van der Waals surface area contributed by atoms with Crippen LogP contribution >= 0.6 is 43.2 Å². The van der Waals surface area contributed by atoms with Crippen molar-refractivity contribution in [1.29, 1.82) is 0 Å².